The van der Waals surface area contributed by atoms with Crippen LogP contribution in [0.2, 0.25) is 0 Å². The summed E-state index contributed by atoms with van der Waals surface area (Å²) in [6.07, 6.45) is 1.76. The lowest BCUT2D eigenvalue weighted by Gasteiger charge is -2.05. The molecule has 0 aliphatic heterocycles. The number of aromatic nitrogens is 2. The van der Waals surface area contributed by atoms with Crippen LogP contribution in [0.25, 0.3) is 0 Å². The van der Waals surface area contributed by atoms with Gasteiger partial charge in [0.05, 0.1) is 0 Å². The molecule has 2 aromatic rings. The fraction of sp³-hybridized carbons (Fsp3) is 0.250. The van der Waals surface area contributed by atoms with Gasteiger partial charge in [0.15, 0.2) is 5.82 Å². The molecule has 0 saturated carbocycles. The molecule has 0 aliphatic rings. The van der Waals surface area contributed by atoms with E-state index < -0.39 is 0 Å². The van der Waals surface area contributed by atoms with Crippen molar-refractivity contribution in [3.8, 4) is 5.75 Å². The van der Waals surface area contributed by atoms with Crippen molar-refractivity contribution >= 4 is 5.91 Å². The van der Waals surface area contributed by atoms with Gasteiger partial charge in [0, 0.05) is 18.5 Å². The zero-order valence-electron chi connectivity index (χ0n) is 9.88. The lowest BCUT2D eigenvalue weighted by molar-refractivity contribution is 0.0954. The van der Waals surface area contributed by atoms with Gasteiger partial charge in [-0.1, -0.05) is 5.16 Å². The first kappa shape index (κ1) is 12.1. The zero-order chi connectivity index (χ0) is 13.0. The van der Waals surface area contributed by atoms with Crippen LogP contribution in [0.3, 0.4) is 0 Å². The standard InChI is InChI=1S/C12H13N3O3/c1-8-6-9(2-3-10(8)16)12(17)13-5-4-11-14-7-18-15-11/h2-3,6-7,16H,4-5H2,1H3,(H,13,17). The van der Waals surface area contributed by atoms with E-state index in [0.29, 0.717) is 29.9 Å². The molecule has 0 aliphatic carbocycles. The third-order valence-electron chi connectivity index (χ3n) is 2.50. The molecule has 0 unspecified atom stereocenters. The second-order valence-electron chi connectivity index (χ2n) is 3.85. The number of carbonyl (C=O) groups excluding carboxylic acids is 1. The predicted octanol–water partition coefficient (Wildman–Crippen LogP) is 1.06. The van der Waals surface area contributed by atoms with Gasteiger partial charge >= 0.3 is 0 Å². The van der Waals surface area contributed by atoms with E-state index in [1.54, 1.807) is 19.1 Å². The Morgan fingerprint density at radius 2 is 2.33 bits per heavy atom. The summed E-state index contributed by atoms with van der Waals surface area (Å²) in [5, 5.41) is 15.8. The van der Waals surface area contributed by atoms with Crippen LogP contribution < -0.4 is 5.32 Å². The highest BCUT2D eigenvalue weighted by Crippen LogP contribution is 2.16. The minimum atomic E-state index is -0.193. The van der Waals surface area contributed by atoms with Crippen LogP contribution in [0.4, 0.5) is 0 Å². The largest absolute Gasteiger partial charge is 0.508 e. The number of phenolic OH excluding ortho intramolecular Hbond substituents is 1. The summed E-state index contributed by atoms with van der Waals surface area (Å²) in [4.78, 5) is 15.6. The highest BCUT2D eigenvalue weighted by atomic mass is 16.5. The van der Waals surface area contributed by atoms with Crippen molar-refractivity contribution in [1.82, 2.24) is 15.5 Å². The minimum absolute atomic E-state index is 0.179. The van der Waals surface area contributed by atoms with Gasteiger partial charge in [-0.3, -0.25) is 4.79 Å². The molecule has 2 rings (SSSR count). The van der Waals surface area contributed by atoms with Gasteiger partial charge < -0.3 is 14.9 Å². The number of benzene rings is 1. The smallest absolute Gasteiger partial charge is 0.251 e. The van der Waals surface area contributed by atoms with Crippen LogP contribution in [0.1, 0.15) is 21.7 Å². The summed E-state index contributed by atoms with van der Waals surface area (Å²) in [6, 6.07) is 4.72. The quantitative estimate of drug-likeness (QED) is 0.843. The molecular formula is C12H13N3O3. The SMILES string of the molecule is Cc1cc(C(=O)NCCc2ncon2)ccc1O. The van der Waals surface area contributed by atoms with Gasteiger partial charge in [-0.05, 0) is 30.7 Å². The van der Waals surface area contributed by atoms with Crippen molar-refractivity contribution in [1.29, 1.82) is 0 Å². The molecule has 0 radical (unpaired) electrons. The van der Waals surface area contributed by atoms with E-state index in [2.05, 4.69) is 20.0 Å². The number of nitrogens with zero attached hydrogens (tertiary/aromatic N) is 2. The number of aromatic hydroxyl groups is 1. The van der Waals surface area contributed by atoms with Crippen LogP contribution in [0.5, 0.6) is 5.75 Å². The summed E-state index contributed by atoms with van der Waals surface area (Å²) >= 11 is 0. The summed E-state index contributed by atoms with van der Waals surface area (Å²) in [5.74, 6) is 0.539. The Hall–Kier alpha value is -2.37. The molecule has 0 atom stereocenters. The second kappa shape index (κ2) is 5.31. The Morgan fingerprint density at radius 3 is 3.00 bits per heavy atom. The Bertz CT molecular complexity index is 538. The third-order valence-corrected chi connectivity index (χ3v) is 2.50. The molecule has 1 aromatic carbocycles. The third kappa shape index (κ3) is 2.85. The van der Waals surface area contributed by atoms with Gasteiger partial charge in [-0.15, -0.1) is 0 Å². The molecule has 1 amide bonds. The molecule has 6 heteroatoms. The fourth-order valence-corrected chi connectivity index (χ4v) is 1.49. The maximum atomic E-state index is 11.8. The summed E-state index contributed by atoms with van der Waals surface area (Å²) in [6.45, 7) is 2.17. The second-order valence-corrected chi connectivity index (χ2v) is 3.85. The average molecular weight is 247 g/mol. The maximum absolute atomic E-state index is 11.8. The van der Waals surface area contributed by atoms with E-state index in [1.165, 1.54) is 12.5 Å². The van der Waals surface area contributed by atoms with Crippen molar-refractivity contribution in [3.05, 3.63) is 41.5 Å². The average Bonchev–Trinajstić information content (AvgIpc) is 2.85. The van der Waals surface area contributed by atoms with Crippen molar-refractivity contribution < 1.29 is 14.4 Å². The van der Waals surface area contributed by atoms with Crippen LogP contribution in [-0.4, -0.2) is 27.7 Å². The zero-order valence-corrected chi connectivity index (χ0v) is 9.88. The summed E-state index contributed by atoms with van der Waals surface area (Å²) in [5.41, 5.74) is 1.18. The van der Waals surface area contributed by atoms with Crippen molar-refractivity contribution in [2.24, 2.45) is 0 Å². The number of nitrogens with one attached hydrogen (secondary N) is 1. The molecule has 94 valence electrons. The van der Waals surface area contributed by atoms with Gasteiger partial charge in [-0.25, -0.2) is 0 Å². The first-order chi connectivity index (χ1) is 8.66. The lowest BCUT2D eigenvalue weighted by Crippen LogP contribution is -2.25. The van der Waals surface area contributed by atoms with E-state index in [4.69, 9.17) is 0 Å². The Morgan fingerprint density at radius 1 is 1.50 bits per heavy atom. The number of rotatable bonds is 4. The summed E-state index contributed by atoms with van der Waals surface area (Å²) in [7, 11) is 0. The minimum Gasteiger partial charge on any atom is -0.508 e. The molecule has 0 bridgehead atoms. The normalized spacial score (nSPS) is 10.3. The molecule has 0 saturated heterocycles. The number of aryl methyl sites for hydroxylation is 1. The van der Waals surface area contributed by atoms with Crippen LogP contribution in [0.15, 0.2) is 29.1 Å². The molecule has 2 N–H and O–H groups in total. The maximum Gasteiger partial charge on any atom is 0.251 e. The van der Waals surface area contributed by atoms with Gasteiger partial charge in [0.1, 0.15) is 5.75 Å². The molecule has 0 spiro atoms. The molecule has 1 heterocycles. The summed E-state index contributed by atoms with van der Waals surface area (Å²) < 4.78 is 4.58. The highest BCUT2D eigenvalue weighted by Gasteiger charge is 2.07. The number of hydrogen-bond donors (Lipinski definition) is 2. The number of hydrogen-bond acceptors (Lipinski definition) is 5. The van der Waals surface area contributed by atoms with Gasteiger partial charge in [0.2, 0.25) is 6.39 Å². The van der Waals surface area contributed by atoms with Crippen LogP contribution in [-0.2, 0) is 6.42 Å². The topological polar surface area (TPSA) is 88.3 Å². The molecule has 18 heavy (non-hydrogen) atoms. The van der Waals surface area contributed by atoms with Crippen molar-refractivity contribution in [3.63, 3.8) is 0 Å². The monoisotopic (exact) mass is 247 g/mol. The number of carbonyl (C=O) groups is 1. The molecule has 1 aromatic heterocycles. The first-order valence-electron chi connectivity index (χ1n) is 5.50. The van der Waals surface area contributed by atoms with Crippen molar-refractivity contribution in [2.75, 3.05) is 6.54 Å². The fourth-order valence-electron chi connectivity index (χ4n) is 1.49. The van der Waals surface area contributed by atoms with Gasteiger partial charge in [0.25, 0.3) is 5.91 Å². The molecule has 0 fully saturated rings. The Kier molecular flexibility index (Phi) is 3.57. The van der Waals surface area contributed by atoms with Gasteiger partial charge in [-0.2, -0.15) is 4.98 Å². The van der Waals surface area contributed by atoms with E-state index in [9.17, 15) is 9.90 Å². The van der Waals surface area contributed by atoms with E-state index in [-0.39, 0.29) is 11.7 Å². The first-order valence-corrected chi connectivity index (χ1v) is 5.50. The van der Waals surface area contributed by atoms with Crippen LogP contribution >= 0.6 is 0 Å². The Balaban J connectivity index is 1.89. The lowest BCUT2D eigenvalue weighted by atomic mass is 10.1. The van der Waals surface area contributed by atoms with Crippen molar-refractivity contribution in [2.45, 2.75) is 13.3 Å². The van der Waals surface area contributed by atoms with E-state index >= 15 is 0 Å². The van der Waals surface area contributed by atoms with E-state index in [0.717, 1.165) is 0 Å². The number of phenols is 1. The predicted molar refractivity (Wildman–Crippen MR) is 63.2 cm³/mol. The molecular weight excluding hydrogens is 234 g/mol. The van der Waals surface area contributed by atoms with E-state index in [1.807, 2.05) is 0 Å². The highest BCUT2D eigenvalue weighted by molar-refractivity contribution is 5.94. The Labute approximate surface area is 104 Å². The van der Waals surface area contributed by atoms with Crippen LogP contribution in [0, 0.1) is 6.92 Å². The number of amides is 1. The molecule has 6 nitrogen and oxygen atoms in total.